The van der Waals surface area contributed by atoms with Crippen LogP contribution in [0.2, 0.25) is 0 Å². The second-order valence-electron chi connectivity index (χ2n) is 3.73. The third-order valence-corrected chi connectivity index (χ3v) is 2.86. The maximum absolute atomic E-state index is 12.9. The van der Waals surface area contributed by atoms with Crippen LogP contribution in [-0.2, 0) is 4.79 Å². The summed E-state index contributed by atoms with van der Waals surface area (Å²) in [7, 11) is 1.81. The minimum absolute atomic E-state index is 0. The highest BCUT2D eigenvalue weighted by Crippen LogP contribution is 2.26. The molecule has 1 aromatic carbocycles. The Morgan fingerprint density at radius 2 is 2.16 bits per heavy atom. The Morgan fingerprint density at radius 1 is 1.47 bits per heavy atom. The molecule has 4 nitrogen and oxygen atoms in total. The molecule has 2 N–H and O–H groups in total. The zero-order chi connectivity index (χ0) is 13.5. The van der Waals surface area contributed by atoms with Crippen LogP contribution < -0.4 is 15.4 Å². The maximum atomic E-state index is 12.9. The maximum Gasteiger partial charge on any atom is 0.260 e. The summed E-state index contributed by atoms with van der Waals surface area (Å²) in [6.45, 7) is 2.87. The molecule has 7 heteroatoms. The van der Waals surface area contributed by atoms with Gasteiger partial charge in [-0.25, -0.2) is 4.39 Å². The Morgan fingerprint density at radius 3 is 2.74 bits per heavy atom. The summed E-state index contributed by atoms with van der Waals surface area (Å²) in [4.78, 5) is 11.6. The third kappa shape index (κ3) is 6.22. The van der Waals surface area contributed by atoms with E-state index in [1.165, 1.54) is 18.2 Å². The molecule has 0 radical (unpaired) electrons. The van der Waals surface area contributed by atoms with Gasteiger partial charge in [0.05, 0.1) is 4.47 Å². The fourth-order valence-corrected chi connectivity index (χ4v) is 1.71. The Hall–Kier alpha value is -0.850. The second kappa shape index (κ2) is 9.12. The third-order valence-electron chi connectivity index (χ3n) is 2.24. The van der Waals surface area contributed by atoms with E-state index in [4.69, 9.17) is 4.74 Å². The van der Waals surface area contributed by atoms with Crippen molar-refractivity contribution in [1.29, 1.82) is 0 Å². The van der Waals surface area contributed by atoms with Crippen LogP contribution in [-0.4, -0.2) is 32.1 Å². The minimum Gasteiger partial charge on any atom is -0.480 e. The number of hydrogen-bond acceptors (Lipinski definition) is 3. The number of carbonyl (C=O) groups excluding carboxylic acids is 1. The van der Waals surface area contributed by atoms with E-state index in [0.717, 1.165) is 0 Å². The molecule has 1 unspecified atom stereocenters. The van der Waals surface area contributed by atoms with Crippen LogP contribution in [0.15, 0.2) is 22.7 Å². The van der Waals surface area contributed by atoms with Crippen molar-refractivity contribution in [3.8, 4) is 5.75 Å². The molecule has 0 bridgehead atoms. The van der Waals surface area contributed by atoms with Crippen molar-refractivity contribution in [3.63, 3.8) is 0 Å². The summed E-state index contributed by atoms with van der Waals surface area (Å²) in [5.41, 5.74) is 0. The van der Waals surface area contributed by atoms with Gasteiger partial charge in [-0.15, -0.1) is 12.4 Å². The van der Waals surface area contributed by atoms with Gasteiger partial charge in [-0.1, -0.05) is 0 Å². The normalized spacial score (nSPS) is 11.4. The molecule has 0 aliphatic rings. The minimum atomic E-state index is -0.636. The quantitative estimate of drug-likeness (QED) is 0.769. The SMILES string of the molecule is CNCCNC(=O)C(C)Oc1ccc(F)cc1Br.Cl. The number of hydrogen-bond donors (Lipinski definition) is 2. The van der Waals surface area contributed by atoms with Crippen LogP contribution >= 0.6 is 28.3 Å². The first-order valence-corrected chi connectivity index (χ1v) is 6.38. The number of carbonyl (C=O) groups is 1. The lowest BCUT2D eigenvalue weighted by molar-refractivity contribution is -0.127. The average molecular weight is 356 g/mol. The van der Waals surface area contributed by atoms with Crippen LogP contribution in [0.25, 0.3) is 0 Å². The Kier molecular flexibility index (Phi) is 8.71. The van der Waals surface area contributed by atoms with Crippen LogP contribution in [0.3, 0.4) is 0 Å². The summed E-state index contributed by atoms with van der Waals surface area (Å²) < 4.78 is 18.8. The molecule has 1 amide bonds. The number of halogens is 3. The molecule has 0 spiro atoms. The first-order chi connectivity index (χ1) is 8.54. The summed E-state index contributed by atoms with van der Waals surface area (Å²) >= 11 is 3.18. The molecule has 108 valence electrons. The number of benzene rings is 1. The van der Waals surface area contributed by atoms with Gasteiger partial charge in [-0.3, -0.25) is 4.79 Å². The first kappa shape index (κ1) is 18.1. The molecule has 0 fully saturated rings. The van der Waals surface area contributed by atoms with Crippen LogP contribution in [0.5, 0.6) is 5.75 Å². The van der Waals surface area contributed by atoms with E-state index >= 15 is 0 Å². The molecule has 0 saturated heterocycles. The highest BCUT2D eigenvalue weighted by molar-refractivity contribution is 9.10. The molecule has 0 saturated carbocycles. The highest BCUT2D eigenvalue weighted by Gasteiger charge is 2.15. The molecule has 19 heavy (non-hydrogen) atoms. The smallest absolute Gasteiger partial charge is 0.260 e. The molecule has 1 aromatic rings. The van der Waals surface area contributed by atoms with Crippen molar-refractivity contribution in [2.45, 2.75) is 13.0 Å². The predicted molar refractivity (Wildman–Crippen MR) is 78.4 cm³/mol. The van der Waals surface area contributed by atoms with Crippen molar-refractivity contribution in [3.05, 3.63) is 28.5 Å². The van der Waals surface area contributed by atoms with E-state index in [2.05, 4.69) is 26.6 Å². The number of likely N-dealkylation sites (N-methyl/N-ethyl adjacent to an activating group) is 1. The molecule has 1 rings (SSSR count). The summed E-state index contributed by atoms with van der Waals surface area (Å²) in [5, 5.41) is 5.64. The van der Waals surface area contributed by atoms with Crippen LogP contribution in [0.1, 0.15) is 6.92 Å². The summed E-state index contributed by atoms with van der Waals surface area (Å²) in [6.07, 6.45) is -0.636. The van der Waals surface area contributed by atoms with Crippen molar-refractivity contribution < 1.29 is 13.9 Å². The van der Waals surface area contributed by atoms with Crippen molar-refractivity contribution >= 4 is 34.2 Å². The van der Waals surface area contributed by atoms with Crippen molar-refractivity contribution in [2.75, 3.05) is 20.1 Å². The molecular formula is C12H17BrClFN2O2. The lowest BCUT2D eigenvalue weighted by Gasteiger charge is -2.15. The first-order valence-electron chi connectivity index (χ1n) is 5.58. The largest absolute Gasteiger partial charge is 0.480 e. The van der Waals surface area contributed by atoms with Gasteiger partial charge >= 0.3 is 0 Å². The number of rotatable bonds is 6. The number of ether oxygens (including phenoxy) is 1. The van der Waals surface area contributed by atoms with Crippen molar-refractivity contribution in [1.82, 2.24) is 10.6 Å². The van der Waals surface area contributed by atoms with E-state index in [-0.39, 0.29) is 24.1 Å². The second-order valence-corrected chi connectivity index (χ2v) is 4.58. The number of nitrogens with one attached hydrogen (secondary N) is 2. The van der Waals surface area contributed by atoms with Gasteiger partial charge in [0, 0.05) is 13.1 Å². The van der Waals surface area contributed by atoms with Crippen LogP contribution in [0, 0.1) is 5.82 Å². The Balaban J connectivity index is 0.00000324. The standard InChI is InChI=1S/C12H16BrFN2O2.ClH/c1-8(12(17)16-6-5-15-2)18-11-4-3-9(14)7-10(11)13;/h3-4,7-8,15H,5-6H2,1-2H3,(H,16,17);1H. The van der Waals surface area contributed by atoms with E-state index in [9.17, 15) is 9.18 Å². The zero-order valence-corrected chi connectivity index (χ0v) is 13.1. The zero-order valence-electron chi connectivity index (χ0n) is 10.7. The lowest BCUT2D eigenvalue weighted by Crippen LogP contribution is -2.39. The Bertz CT molecular complexity index is 421. The van der Waals surface area contributed by atoms with E-state index in [1.54, 1.807) is 6.92 Å². The predicted octanol–water partition coefficient (Wildman–Crippen LogP) is 2.11. The monoisotopic (exact) mass is 354 g/mol. The molecular weight excluding hydrogens is 338 g/mol. The molecule has 1 atom stereocenters. The summed E-state index contributed by atoms with van der Waals surface area (Å²) in [5.74, 6) is -0.130. The number of amides is 1. The molecule has 0 heterocycles. The summed E-state index contributed by atoms with van der Waals surface area (Å²) in [6, 6.07) is 4.06. The van der Waals surface area contributed by atoms with Gasteiger partial charge in [0.25, 0.3) is 5.91 Å². The highest BCUT2D eigenvalue weighted by atomic mass is 79.9. The van der Waals surface area contributed by atoms with E-state index < -0.39 is 6.10 Å². The van der Waals surface area contributed by atoms with Crippen LogP contribution in [0.4, 0.5) is 4.39 Å². The van der Waals surface area contributed by atoms with Gasteiger partial charge in [0.1, 0.15) is 11.6 Å². The Labute approximate surface area is 126 Å². The topological polar surface area (TPSA) is 50.4 Å². The van der Waals surface area contributed by atoms with Gasteiger partial charge in [0.15, 0.2) is 6.10 Å². The van der Waals surface area contributed by atoms with Gasteiger partial charge < -0.3 is 15.4 Å². The van der Waals surface area contributed by atoms with E-state index in [0.29, 0.717) is 23.3 Å². The fourth-order valence-electron chi connectivity index (χ4n) is 1.27. The lowest BCUT2D eigenvalue weighted by atomic mass is 10.3. The van der Waals surface area contributed by atoms with Crippen molar-refractivity contribution in [2.24, 2.45) is 0 Å². The van der Waals surface area contributed by atoms with Gasteiger partial charge in [0.2, 0.25) is 0 Å². The average Bonchev–Trinajstić information content (AvgIpc) is 2.32. The van der Waals surface area contributed by atoms with E-state index in [1.807, 2.05) is 7.05 Å². The molecule has 0 aliphatic heterocycles. The molecule has 0 aliphatic carbocycles. The fraction of sp³-hybridized carbons (Fsp3) is 0.417. The molecule has 0 aromatic heterocycles. The van der Waals surface area contributed by atoms with Gasteiger partial charge in [-0.2, -0.15) is 0 Å². The van der Waals surface area contributed by atoms with Gasteiger partial charge in [-0.05, 0) is 48.1 Å².